The summed E-state index contributed by atoms with van der Waals surface area (Å²) in [6.07, 6.45) is -0.711. The second-order valence-electron chi connectivity index (χ2n) is 5.06. The molecule has 2 N–H and O–H groups in total. The average Bonchev–Trinajstić information content (AvgIpc) is 2.45. The number of aliphatic hydroxyl groups is 1. The fraction of sp³-hybridized carbons (Fsp3) is 0.294. The quantitative estimate of drug-likeness (QED) is 0.873. The predicted octanol–water partition coefficient (Wildman–Crippen LogP) is 3.52. The van der Waals surface area contributed by atoms with Gasteiger partial charge in [0.1, 0.15) is 5.82 Å². The molecule has 2 aromatic rings. The van der Waals surface area contributed by atoms with Crippen LogP contribution >= 0.6 is 0 Å². The third-order valence-corrected chi connectivity index (χ3v) is 3.51. The maximum Gasteiger partial charge on any atom is 0.123 e. The molecule has 0 heterocycles. The lowest BCUT2D eigenvalue weighted by Crippen LogP contribution is -2.25. The molecule has 20 heavy (non-hydrogen) atoms. The smallest absolute Gasteiger partial charge is 0.123 e. The van der Waals surface area contributed by atoms with Crippen LogP contribution in [0, 0.1) is 12.7 Å². The molecule has 0 amide bonds. The van der Waals surface area contributed by atoms with Crippen LogP contribution in [0.25, 0.3) is 0 Å². The molecular weight excluding hydrogens is 253 g/mol. The van der Waals surface area contributed by atoms with Gasteiger partial charge in [0.2, 0.25) is 0 Å². The highest BCUT2D eigenvalue weighted by Gasteiger charge is 2.12. The van der Waals surface area contributed by atoms with Gasteiger partial charge in [-0.25, -0.2) is 4.39 Å². The van der Waals surface area contributed by atoms with Crippen LogP contribution < -0.4 is 5.32 Å². The molecule has 1 unspecified atom stereocenters. The second kappa shape index (κ2) is 6.64. The highest BCUT2D eigenvalue weighted by Crippen LogP contribution is 2.18. The summed E-state index contributed by atoms with van der Waals surface area (Å²) in [6, 6.07) is 14.4. The van der Waals surface area contributed by atoms with Crippen molar-refractivity contribution in [3.05, 3.63) is 71.0 Å². The van der Waals surface area contributed by atoms with E-state index in [0.29, 0.717) is 12.1 Å². The van der Waals surface area contributed by atoms with Gasteiger partial charge in [-0.15, -0.1) is 0 Å². The van der Waals surface area contributed by atoms with E-state index >= 15 is 0 Å². The fourth-order valence-corrected chi connectivity index (χ4v) is 2.30. The van der Waals surface area contributed by atoms with E-state index in [0.717, 1.165) is 0 Å². The van der Waals surface area contributed by atoms with Crippen LogP contribution in [0.1, 0.15) is 35.8 Å². The van der Waals surface area contributed by atoms with Crippen LogP contribution in [0.5, 0.6) is 0 Å². The summed E-state index contributed by atoms with van der Waals surface area (Å²) < 4.78 is 13.1. The minimum absolute atomic E-state index is 0.138. The van der Waals surface area contributed by atoms with E-state index < -0.39 is 6.10 Å². The monoisotopic (exact) mass is 273 g/mol. The molecule has 2 rings (SSSR count). The Morgan fingerprint density at radius 3 is 2.60 bits per heavy atom. The summed E-state index contributed by atoms with van der Waals surface area (Å²) in [7, 11) is 0. The molecule has 2 aromatic carbocycles. The number of rotatable bonds is 5. The first-order valence-corrected chi connectivity index (χ1v) is 6.80. The lowest BCUT2D eigenvalue weighted by Gasteiger charge is -2.19. The van der Waals surface area contributed by atoms with Crippen LogP contribution in [0.2, 0.25) is 0 Å². The number of halogens is 1. The van der Waals surface area contributed by atoms with Gasteiger partial charge < -0.3 is 10.4 Å². The Hall–Kier alpha value is -1.71. The van der Waals surface area contributed by atoms with Crippen molar-refractivity contribution in [1.29, 1.82) is 0 Å². The van der Waals surface area contributed by atoms with E-state index in [4.69, 9.17) is 0 Å². The first-order valence-electron chi connectivity index (χ1n) is 6.80. The lowest BCUT2D eigenvalue weighted by molar-refractivity contribution is 0.170. The Morgan fingerprint density at radius 1 is 1.15 bits per heavy atom. The van der Waals surface area contributed by atoms with Crippen LogP contribution in [-0.2, 0) is 0 Å². The van der Waals surface area contributed by atoms with Crippen molar-refractivity contribution in [1.82, 2.24) is 5.32 Å². The van der Waals surface area contributed by atoms with E-state index in [2.05, 4.69) is 31.3 Å². The van der Waals surface area contributed by atoms with Crippen LogP contribution in [0.15, 0.2) is 48.5 Å². The van der Waals surface area contributed by atoms with Crippen molar-refractivity contribution < 1.29 is 9.50 Å². The summed E-state index contributed by atoms with van der Waals surface area (Å²) in [5, 5.41) is 13.4. The zero-order chi connectivity index (χ0) is 14.5. The number of aliphatic hydroxyl groups excluding tert-OH is 1. The fourth-order valence-electron chi connectivity index (χ4n) is 2.30. The van der Waals surface area contributed by atoms with Gasteiger partial charge in [0.25, 0.3) is 0 Å². The number of aryl methyl sites for hydroxylation is 1. The van der Waals surface area contributed by atoms with Crippen molar-refractivity contribution in [3.8, 4) is 0 Å². The minimum atomic E-state index is -0.711. The van der Waals surface area contributed by atoms with Crippen molar-refractivity contribution in [2.45, 2.75) is 26.0 Å². The normalized spacial score (nSPS) is 14.0. The Balaban J connectivity index is 1.97. The van der Waals surface area contributed by atoms with E-state index in [-0.39, 0.29) is 11.9 Å². The topological polar surface area (TPSA) is 32.3 Å². The van der Waals surface area contributed by atoms with Gasteiger partial charge in [-0.2, -0.15) is 0 Å². The number of hydrogen-bond donors (Lipinski definition) is 2. The summed E-state index contributed by atoms with van der Waals surface area (Å²) in [6.45, 7) is 4.51. The third-order valence-electron chi connectivity index (χ3n) is 3.51. The molecule has 0 spiro atoms. The third kappa shape index (κ3) is 3.65. The molecule has 2 atom stereocenters. The number of hydrogen-bond acceptors (Lipinski definition) is 2. The van der Waals surface area contributed by atoms with Crippen LogP contribution in [0.4, 0.5) is 4.39 Å². The first-order chi connectivity index (χ1) is 9.58. The first kappa shape index (κ1) is 14.7. The zero-order valence-corrected chi connectivity index (χ0v) is 11.8. The average molecular weight is 273 g/mol. The highest BCUT2D eigenvalue weighted by atomic mass is 19.1. The van der Waals surface area contributed by atoms with E-state index in [1.165, 1.54) is 23.3 Å². The molecule has 0 aliphatic heterocycles. The minimum Gasteiger partial charge on any atom is -0.387 e. The molecule has 0 fully saturated rings. The lowest BCUT2D eigenvalue weighted by atomic mass is 10.0. The largest absolute Gasteiger partial charge is 0.387 e. The summed E-state index contributed by atoms with van der Waals surface area (Å²) >= 11 is 0. The highest BCUT2D eigenvalue weighted by molar-refractivity contribution is 5.28. The molecule has 3 heteroatoms. The molecule has 0 bridgehead atoms. The van der Waals surface area contributed by atoms with Gasteiger partial charge >= 0.3 is 0 Å². The van der Waals surface area contributed by atoms with E-state index in [1.807, 2.05) is 12.1 Å². The molecule has 0 aliphatic carbocycles. The second-order valence-corrected chi connectivity index (χ2v) is 5.06. The summed E-state index contributed by atoms with van der Waals surface area (Å²) in [5.74, 6) is -0.325. The van der Waals surface area contributed by atoms with Gasteiger partial charge in [-0.1, -0.05) is 36.4 Å². The molecule has 106 valence electrons. The molecular formula is C17H20FNO. The van der Waals surface area contributed by atoms with Gasteiger partial charge in [-0.05, 0) is 42.7 Å². The summed E-state index contributed by atoms with van der Waals surface area (Å²) in [5.41, 5.74) is 3.01. The van der Waals surface area contributed by atoms with Crippen molar-refractivity contribution in [3.63, 3.8) is 0 Å². The Kier molecular flexibility index (Phi) is 4.88. The maximum absolute atomic E-state index is 13.1. The van der Waals surface area contributed by atoms with Crippen molar-refractivity contribution in [2.24, 2.45) is 0 Å². The maximum atomic E-state index is 13.1. The molecule has 0 saturated heterocycles. The zero-order valence-electron chi connectivity index (χ0n) is 11.8. The van der Waals surface area contributed by atoms with Gasteiger partial charge in [0, 0.05) is 12.6 Å². The van der Waals surface area contributed by atoms with Gasteiger partial charge in [-0.3, -0.25) is 0 Å². The number of nitrogens with one attached hydrogen (secondary N) is 1. The molecule has 0 radical (unpaired) electrons. The Bertz CT molecular complexity index is 570. The van der Waals surface area contributed by atoms with Crippen LogP contribution in [-0.4, -0.2) is 11.7 Å². The molecule has 0 aliphatic rings. The van der Waals surface area contributed by atoms with Gasteiger partial charge in [0.15, 0.2) is 0 Å². The predicted molar refractivity (Wildman–Crippen MR) is 79.0 cm³/mol. The van der Waals surface area contributed by atoms with Crippen molar-refractivity contribution >= 4 is 0 Å². The van der Waals surface area contributed by atoms with Crippen LogP contribution in [0.3, 0.4) is 0 Å². The Morgan fingerprint density at radius 2 is 1.90 bits per heavy atom. The standard InChI is InChI=1S/C17H20FNO/c1-12-6-3-4-9-16(12)13(2)19-11-17(20)14-7-5-8-15(18)10-14/h3-10,13,17,19-20H,11H2,1-2H3/t13-,17?/m0/s1. The molecule has 0 saturated carbocycles. The SMILES string of the molecule is Cc1ccccc1[C@H](C)NCC(O)c1cccc(F)c1. The molecule has 2 nitrogen and oxygen atoms in total. The Labute approximate surface area is 119 Å². The van der Waals surface area contributed by atoms with E-state index in [9.17, 15) is 9.50 Å². The summed E-state index contributed by atoms with van der Waals surface area (Å²) in [4.78, 5) is 0. The molecule has 0 aromatic heterocycles. The number of benzene rings is 2. The van der Waals surface area contributed by atoms with E-state index in [1.54, 1.807) is 12.1 Å². The van der Waals surface area contributed by atoms with Gasteiger partial charge in [0.05, 0.1) is 6.10 Å². The van der Waals surface area contributed by atoms with Crippen molar-refractivity contribution in [2.75, 3.05) is 6.54 Å².